The standard InChI is InChI=1S/C24H20O6/c1-15-9-11-17(12-10-15)30-23(27)14-20(21(24(28)29)13-22(25)26)19-8-4-6-16-5-2-3-7-18(16)19/h2-12H,13-14H2,1H3,(H,25,26)(H,28,29). The molecule has 0 radical (unpaired) electrons. The molecule has 0 aliphatic carbocycles. The van der Waals surface area contributed by atoms with Crippen molar-refractivity contribution in [1.29, 1.82) is 0 Å². The summed E-state index contributed by atoms with van der Waals surface area (Å²) in [6, 6.07) is 19.4. The summed E-state index contributed by atoms with van der Waals surface area (Å²) in [5.41, 5.74) is 1.27. The number of carbonyl (C=O) groups is 3. The predicted octanol–water partition coefficient (Wildman–Crippen LogP) is 4.46. The molecule has 30 heavy (non-hydrogen) atoms. The molecule has 3 rings (SSSR count). The van der Waals surface area contributed by atoms with Crippen LogP contribution in [0.1, 0.15) is 24.0 Å². The van der Waals surface area contributed by atoms with Crippen LogP contribution in [0.5, 0.6) is 5.75 Å². The van der Waals surface area contributed by atoms with Crippen molar-refractivity contribution < 1.29 is 29.3 Å². The predicted molar refractivity (Wildman–Crippen MR) is 112 cm³/mol. The summed E-state index contributed by atoms with van der Waals surface area (Å²) in [5.74, 6) is -3.02. The van der Waals surface area contributed by atoms with Crippen molar-refractivity contribution in [2.24, 2.45) is 0 Å². The maximum atomic E-state index is 12.6. The molecule has 3 aromatic rings. The molecule has 0 spiro atoms. The van der Waals surface area contributed by atoms with Crippen LogP contribution in [0, 0.1) is 6.92 Å². The van der Waals surface area contributed by atoms with Crippen molar-refractivity contribution in [2.75, 3.05) is 0 Å². The molecule has 0 saturated heterocycles. The van der Waals surface area contributed by atoms with E-state index in [9.17, 15) is 24.6 Å². The van der Waals surface area contributed by atoms with Crippen LogP contribution in [0.25, 0.3) is 16.3 Å². The van der Waals surface area contributed by atoms with E-state index in [-0.39, 0.29) is 17.6 Å². The number of ether oxygens (including phenoxy) is 1. The van der Waals surface area contributed by atoms with Crippen LogP contribution in [-0.4, -0.2) is 28.1 Å². The van der Waals surface area contributed by atoms with Crippen molar-refractivity contribution >= 4 is 34.3 Å². The topological polar surface area (TPSA) is 101 Å². The van der Waals surface area contributed by atoms with Gasteiger partial charge in [0, 0.05) is 0 Å². The molecule has 0 atom stereocenters. The molecular formula is C24H20O6. The molecular weight excluding hydrogens is 384 g/mol. The lowest BCUT2D eigenvalue weighted by Gasteiger charge is -2.14. The smallest absolute Gasteiger partial charge is 0.332 e. The van der Waals surface area contributed by atoms with E-state index in [0.29, 0.717) is 11.3 Å². The average molecular weight is 404 g/mol. The highest BCUT2D eigenvalue weighted by Gasteiger charge is 2.23. The third-order valence-corrected chi connectivity index (χ3v) is 4.64. The average Bonchev–Trinajstić information content (AvgIpc) is 2.71. The fourth-order valence-electron chi connectivity index (χ4n) is 3.23. The molecule has 0 fully saturated rings. The van der Waals surface area contributed by atoms with Gasteiger partial charge in [0.1, 0.15) is 5.75 Å². The molecule has 0 unspecified atom stereocenters. The minimum Gasteiger partial charge on any atom is -0.481 e. The number of carboxylic acid groups (broad SMARTS) is 2. The number of carbonyl (C=O) groups excluding carboxylic acids is 1. The Labute approximate surface area is 173 Å². The summed E-state index contributed by atoms with van der Waals surface area (Å²) in [7, 11) is 0. The Balaban J connectivity index is 2.07. The summed E-state index contributed by atoms with van der Waals surface area (Å²) in [4.78, 5) is 35.8. The van der Waals surface area contributed by atoms with E-state index in [4.69, 9.17) is 4.74 Å². The van der Waals surface area contributed by atoms with Gasteiger partial charge in [0.15, 0.2) is 0 Å². The van der Waals surface area contributed by atoms with Crippen molar-refractivity contribution in [3.8, 4) is 5.75 Å². The number of fused-ring (bicyclic) bond motifs is 1. The molecule has 0 heterocycles. The van der Waals surface area contributed by atoms with E-state index in [1.165, 1.54) is 0 Å². The van der Waals surface area contributed by atoms with Crippen LogP contribution in [-0.2, 0) is 14.4 Å². The molecule has 3 aromatic carbocycles. The molecule has 0 saturated carbocycles. The normalized spacial score (nSPS) is 11.6. The monoisotopic (exact) mass is 404 g/mol. The molecule has 2 N–H and O–H groups in total. The van der Waals surface area contributed by atoms with Gasteiger partial charge in [0.25, 0.3) is 0 Å². The van der Waals surface area contributed by atoms with E-state index in [2.05, 4.69) is 0 Å². The first-order valence-electron chi connectivity index (χ1n) is 9.27. The second kappa shape index (κ2) is 9.05. The van der Waals surface area contributed by atoms with E-state index >= 15 is 0 Å². The summed E-state index contributed by atoms with van der Waals surface area (Å²) >= 11 is 0. The van der Waals surface area contributed by atoms with Crippen molar-refractivity contribution in [2.45, 2.75) is 19.8 Å². The molecule has 0 aliphatic rings. The quantitative estimate of drug-likeness (QED) is 0.343. The minimum atomic E-state index is -1.39. The van der Waals surface area contributed by atoms with Gasteiger partial charge in [0.05, 0.1) is 18.4 Å². The van der Waals surface area contributed by atoms with Crippen molar-refractivity contribution in [3.63, 3.8) is 0 Å². The number of hydrogen-bond donors (Lipinski definition) is 2. The van der Waals surface area contributed by atoms with Gasteiger partial charge in [-0.25, -0.2) is 4.79 Å². The van der Waals surface area contributed by atoms with Crippen LogP contribution in [0.15, 0.2) is 72.3 Å². The molecule has 6 nitrogen and oxygen atoms in total. The molecule has 0 aliphatic heterocycles. The van der Waals surface area contributed by atoms with Gasteiger partial charge in [-0.2, -0.15) is 0 Å². The Kier molecular flexibility index (Phi) is 6.27. The van der Waals surface area contributed by atoms with Gasteiger partial charge in [0.2, 0.25) is 0 Å². The first-order chi connectivity index (χ1) is 14.3. The largest absolute Gasteiger partial charge is 0.481 e. The summed E-state index contributed by atoms with van der Waals surface area (Å²) in [5, 5.41) is 20.5. The third-order valence-electron chi connectivity index (χ3n) is 4.64. The highest BCUT2D eigenvalue weighted by molar-refractivity contribution is 6.07. The Morgan fingerprint density at radius 2 is 1.50 bits per heavy atom. The molecule has 6 heteroatoms. The van der Waals surface area contributed by atoms with Gasteiger partial charge in [-0.3, -0.25) is 9.59 Å². The minimum absolute atomic E-state index is 0.124. The number of hydrogen-bond acceptors (Lipinski definition) is 4. The van der Waals surface area contributed by atoms with Gasteiger partial charge < -0.3 is 14.9 Å². The summed E-state index contributed by atoms with van der Waals surface area (Å²) < 4.78 is 5.35. The lowest BCUT2D eigenvalue weighted by atomic mass is 9.91. The van der Waals surface area contributed by atoms with Crippen LogP contribution in [0.2, 0.25) is 0 Å². The van der Waals surface area contributed by atoms with Crippen LogP contribution in [0.4, 0.5) is 0 Å². The van der Waals surface area contributed by atoms with Gasteiger partial charge in [-0.15, -0.1) is 0 Å². The van der Waals surface area contributed by atoms with Gasteiger partial charge >= 0.3 is 17.9 Å². The lowest BCUT2D eigenvalue weighted by molar-refractivity contribution is -0.139. The van der Waals surface area contributed by atoms with Crippen molar-refractivity contribution in [1.82, 2.24) is 0 Å². The second-order valence-corrected chi connectivity index (χ2v) is 6.82. The second-order valence-electron chi connectivity index (χ2n) is 6.82. The van der Waals surface area contributed by atoms with Crippen LogP contribution in [0.3, 0.4) is 0 Å². The highest BCUT2D eigenvalue weighted by atomic mass is 16.5. The van der Waals surface area contributed by atoms with E-state index < -0.39 is 24.3 Å². The maximum absolute atomic E-state index is 12.6. The number of benzene rings is 3. The van der Waals surface area contributed by atoms with Crippen molar-refractivity contribution in [3.05, 3.63) is 83.4 Å². The zero-order chi connectivity index (χ0) is 21.7. The molecule has 0 amide bonds. The fraction of sp³-hybridized carbons (Fsp3) is 0.125. The van der Waals surface area contributed by atoms with Gasteiger partial charge in [-0.1, -0.05) is 60.2 Å². The Morgan fingerprint density at radius 3 is 2.17 bits per heavy atom. The number of esters is 1. The number of carboxylic acids is 2. The van der Waals surface area contributed by atoms with E-state index in [1.807, 2.05) is 25.1 Å². The number of aryl methyl sites for hydroxylation is 1. The van der Waals surface area contributed by atoms with E-state index in [0.717, 1.165) is 16.3 Å². The summed E-state index contributed by atoms with van der Waals surface area (Å²) in [6.45, 7) is 1.90. The van der Waals surface area contributed by atoms with E-state index in [1.54, 1.807) is 48.5 Å². The van der Waals surface area contributed by atoms with Crippen LogP contribution >= 0.6 is 0 Å². The fourth-order valence-corrected chi connectivity index (χ4v) is 3.23. The first-order valence-corrected chi connectivity index (χ1v) is 9.27. The zero-order valence-electron chi connectivity index (χ0n) is 16.3. The number of rotatable bonds is 7. The Morgan fingerprint density at radius 1 is 0.833 bits per heavy atom. The summed E-state index contributed by atoms with van der Waals surface area (Å²) in [6.07, 6.45) is -1.09. The third kappa shape index (κ3) is 4.91. The van der Waals surface area contributed by atoms with Gasteiger partial charge in [-0.05, 0) is 41.0 Å². The first kappa shape index (κ1) is 20.8. The number of aliphatic carboxylic acids is 2. The molecule has 152 valence electrons. The lowest BCUT2D eigenvalue weighted by Crippen LogP contribution is -2.14. The molecule has 0 bridgehead atoms. The SMILES string of the molecule is Cc1ccc(OC(=O)CC(=C(CC(=O)O)C(=O)O)c2cccc3ccccc23)cc1. The van der Waals surface area contributed by atoms with Crippen LogP contribution < -0.4 is 4.74 Å². The Bertz CT molecular complexity index is 1140. The molecule has 0 aromatic heterocycles. The zero-order valence-corrected chi connectivity index (χ0v) is 16.3. The Hall–Kier alpha value is -3.93. The highest BCUT2D eigenvalue weighted by Crippen LogP contribution is 2.31. The maximum Gasteiger partial charge on any atom is 0.332 e.